The third-order valence-electron chi connectivity index (χ3n) is 6.97. The zero-order valence-corrected chi connectivity index (χ0v) is 18.5. The number of rotatable bonds is 9. The van der Waals surface area contributed by atoms with Crippen LogP contribution in [0.3, 0.4) is 0 Å². The Hall–Kier alpha value is -2.19. The molecule has 4 saturated carbocycles. The van der Waals surface area contributed by atoms with Crippen LogP contribution in [0.25, 0.3) is 0 Å². The maximum absolute atomic E-state index is 12.9. The molecule has 0 spiro atoms. The molecule has 1 aromatic carbocycles. The van der Waals surface area contributed by atoms with Gasteiger partial charge >= 0.3 is 0 Å². The molecule has 4 aliphatic rings. The summed E-state index contributed by atoms with van der Waals surface area (Å²) in [4.78, 5) is 25.3. The highest BCUT2D eigenvalue weighted by atomic mass is 32.2. The van der Waals surface area contributed by atoms with Crippen molar-refractivity contribution < 1.29 is 18.0 Å². The van der Waals surface area contributed by atoms with Crippen LogP contribution in [0.15, 0.2) is 36.9 Å². The monoisotopic (exact) mass is 445 g/mol. The molecule has 0 atom stereocenters. The minimum atomic E-state index is -3.43. The predicted molar refractivity (Wildman–Crippen MR) is 120 cm³/mol. The van der Waals surface area contributed by atoms with Crippen molar-refractivity contribution in [3.05, 3.63) is 42.5 Å². The Balaban J connectivity index is 1.26. The molecule has 4 bridgehead atoms. The fourth-order valence-corrected chi connectivity index (χ4v) is 7.19. The van der Waals surface area contributed by atoms with Gasteiger partial charge in [-0.15, -0.1) is 6.58 Å². The van der Waals surface area contributed by atoms with Gasteiger partial charge in [-0.2, -0.15) is 0 Å². The van der Waals surface area contributed by atoms with Crippen LogP contribution in [0.1, 0.15) is 44.1 Å². The molecule has 3 N–H and O–H groups in total. The van der Waals surface area contributed by atoms with E-state index in [4.69, 9.17) is 0 Å². The Morgan fingerprint density at radius 2 is 1.61 bits per heavy atom. The van der Waals surface area contributed by atoms with Crippen LogP contribution in [-0.2, 0) is 25.4 Å². The number of carbonyl (C=O) groups is 2. The fourth-order valence-electron chi connectivity index (χ4n) is 6.08. The molecular formula is C23H31N3O4S. The Labute approximate surface area is 184 Å². The van der Waals surface area contributed by atoms with Crippen molar-refractivity contribution in [2.24, 2.45) is 23.2 Å². The van der Waals surface area contributed by atoms with E-state index in [1.807, 2.05) is 0 Å². The van der Waals surface area contributed by atoms with Gasteiger partial charge in [-0.25, -0.2) is 13.1 Å². The van der Waals surface area contributed by atoms with Gasteiger partial charge in [0, 0.05) is 17.6 Å². The van der Waals surface area contributed by atoms with Crippen molar-refractivity contribution >= 4 is 27.5 Å². The second-order valence-corrected chi connectivity index (χ2v) is 11.3. The molecule has 4 fully saturated rings. The number of carbonyl (C=O) groups excluding carboxylic acids is 2. The second-order valence-electron chi connectivity index (χ2n) is 9.52. The van der Waals surface area contributed by atoms with E-state index in [2.05, 4.69) is 21.9 Å². The summed E-state index contributed by atoms with van der Waals surface area (Å²) in [7, 11) is -3.43. The van der Waals surface area contributed by atoms with Crippen LogP contribution in [-0.4, -0.2) is 33.3 Å². The van der Waals surface area contributed by atoms with E-state index < -0.39 is 10.0 Å². The molecule has 0 radical (unpaired) electrons. The van der Waals surface area contributed by atoms with Gasteiger partial charge < -0.3 is 10.6 Å². The summed E-state index contributed by atoms with van der Waals surface area (Å²) in [6.45, 7) is 3.62. The van der Waals surface area contributed by atoms with Gasteiger partial charge in [-0.3, -0.25) is 9.59 Å². The van der Waals surface area contributed by atoms with Crippen molar-refractivity contribution in [3.63, 3.8) is 0 Å². The molecule has 5 rings (SSSR count). The van der Waals surface area contributed by atoms with Crippen molar-refractivity contribution in [3.8, 4) is 0 Å². The number of sulfonamides is 1. The highest BCUT2D eigenvalue weighted by molar-refractivity contribution is 7.88. The SMILES string of the molecule is C=CCNS(=O)(=O)Cc1ccc(NC(=O)CNC(=O)C23CC4CC(CC(C4)C2)C3)cc1. The number of anilines is 1. The van der Waals surface area contributed by atoms with E-state index in [9.17, 15) is 18.0 Å². The molecule has 8 heteroatoms. The molecule has 7 nitrogen and oxygen atoms in total. The number of nitrogens with one attached hydrogen (secondary N) is 3. The molecule has 2 amide bonds. The van der Waals surface area contributed by atoms with Gasteiger partial charge in [0.2, 0.25) is 21.8 Å². The molecular weight excluding hydrogens is 414 g/mol. The van der Waals surface area contributed by atoms with Crippen molar-refractivity contribution in [1.82, 2.24) is 10.0 Å². The second kappa shape index (κ2) is 8.74. The van der Waals surface area contributed by atoms with Crippen LogP contribution in [0.2, 0.25) is 0 Å². The molecule has 4 aliphatic carbocycles. The van der Waals surface area contributed by atoms with E-state index in [-0.39, 0.29) is 36.1 Å². The Bertz CT molecular complexity index is 920. The molecule has 1 aromatic rings. The highest BCUT2D eigenvalue weighted by Crippen LogP contribution is 2.60. The number of amides is 2. The smallest absolute Gasteiger partial charge is 0.243 e. The molecule has 31 heavy (non-hydrogen) atoms. The first-order valence-electron chi connectivity index (χ1n) is 11.0. The van der Waals surface area contributed by atoms with Crippen LogP contribution < -0.4 is 15.4 Å². The zero-order valence-electron chi connectivity index (χ0n) is 17.7. The maximum atomic E-state index is 12.9. The Morgan fingerprint density at radius 1 is 1.03 bits per heavy atom. The lowest BCUT2D eigenvalue weighted by molar-refractivity contribution is -0.146. The summed E-state index contributed by atoms with van der Waals surface area (Å²) >= 11 is 0. The van der Waals surface area contributed by atoms with Crippen LogP contribution >= 0.6 is 0 Å². The first-order valence-corrected chi connectivity index (χ1v) is 12.7. The topological polar surface area (TPSA) is 104 Å². The van der Waals surface area contributed by atoms with Gasteiger partial charge in [0.15, 0.2) is 0 Å². The van der Waals surface area contributed by atoms with Crippen LogP contribution in [0, 0.1) is 23.2 Å². The van der Waals surface area contributed by atoms with Crippen LogP contribution in [0.5, 0.6) is 0 Å². The lowest BCUT2D eigenvalue weighted by Crippen LogP contribution is -2.54. The summed E-state index contributed by atoms with van der Waals surface area (Å²) in [6, 6.07) is 6.65. The van der Waals surface area contributed by atoms with Crippen molar-refractivity contribution in [2.75, 3.05) is 18.4 Å². The summed E-state index contributed by atoms with van der Waals surface area (Å²) in [5, 5.41) is 5.64. The van der Waals surface area contributed by atoms with E-state index in [0.29, 0.717) is 29.0 Å². The Morgan fingerprint density at radius 3 is 2.16 bits per heavy atom. The molecule has 168 valence electrons. The summed E-state index contributed by atoms with van der Waals surface area (Å²) in [6.07, 6.45) is 8.21. The standard InChI is InChI=1S/C23H31N3O4S/c1-2-7-25-31(29,30)15-16-3-5-20(6-4-16)26-21(27)14-24-22(28)23-11-17-8-18(12-23)10-19(9-17)13-23/h2-6,17-19,25H,1,7-15H2,(H,24,28)(H,26,27). The molecule has 0 unspecified atom stereocenters. The maximum Gasteiger partial charge on any atom is 0.243 e. The van der Waals surface area contributed by atoms with E-state index >= 15 is 0 Å². The predicted octanol–water partition coefficient (Wildman–Crippen LogP) is 2.56. The minimum absolute atomic E-state index is 0.0364. The summed E-state index contributed by atoms with van der Waals surface area (Å²) in [5.41, 5.74) is 0.917. The number of hydrogen-bond acceptors (Lipinski definition) is 4. The van der Waals surface area contributed by atoms with Crippen molar-refractivity contribution in [2.45, 2.75) is 44.3 Å². The van der Waals surface area contributed by atoms with Crippen LogP contribution in [0.4, 0.5) is 5.69 Å². The number of hydrogen-bond donors (Lipinski definition) is 3. The lowest BCUT2D eigenvalue weighted by atomic mass is 9.49. The summed E-state index contributed by atoms with van der Waals surface area (Å²) < 4.78 is 26.3. The largest absolute Gasteiger partial charge is 0.347 e. The van der Waals surface area contributed by atoms with Gasteiger partial charge in [0.25, 0.3) is 0 Å². The van der Waals surface area contributed by atoms with Gasteiger partial charge in [-0.1, -0.05) is 18.2 Å². The lowest BCUT2D eigenvalue weighted by Gasteiger charge is -2.55. The molecule has 0 saturated heterocycles. The first-order chi connectivity index (χ1) is 14.8. The average Bonchev–Trinajstić information content (AvgIpc) is 2.71. The van der Waals surface area contributed by atoms with Gasteiger partial charge in [-0.05, 0) is 74.0 Å². The van der Waals surface area contributed by atoms with E-state index in [1.54, 1.807) is 24.3 Å². The zero-order chi connectivity index (χ0) is 22.1. The number of benzene rings is 1. The summed E-state index contributed by atoms with van der Waals surface area (Å²) in [5.74, 6) is 1.65. The van der Waals surface area contributed by atoms with Gasteiger partial charge in [0.1, 0.15) is 0 Å². The third kappa shape index (κ3) is 5.18. The first kappa shape index (κ1) is 22.0. The van der Waals surface area contributed by atoms with E-state index in [1.165, 1.54) is 25.3 Å². The fraction of sp³-hybridized carbons (Fsp3) is 0.565. The van der Waals surface area contributed by atoms with E-state index in [0.717, 1.165) is 19.3 Å². The van der Waals surface area contributed by atoms with Crippen molar-refractivity contribution in [1.29, 1.82) is 0 Å². The molecule has 0 aromatic heterocycles. The highest BCUT2D eigenvalue weighted by Gasteiger charge is 2.54. The van der Waals surface area contributed by atoms with Gasteiger partial charge in [0.05, 0.1) is 12.3 Å². The molecule has 0 aliphatic heterocycles. The average molecular weight is 446 g/mol. The Kier molecular flexibility index (Phi) is 6.21. The minimum Gasteiger partial charge on any atom is -0.347 e. The quantitative estimate of drug-likeness (QED) is 0.508. The normalized spacial score (nSPS) is 28.8. The molecule has 0 heterocycles. The third-order valence-corrected chi connectivity index (χ3v) is 8.29.